The number of carbonyl (C=O) groups excluding carboxylic acids is 5. The van der Waals surface area contributed by atoms with Crippen LogP contribution in [-0.2, 0) is 41.7 Å². The van der Waals surface area contributed by atoms with Crippen molar-refractivity contribution in [3.05, 3.63) is 65.7 Å². The molecule has 2 aromatic rings. The summed E-state index contributed by atoms with van der Waals surface area (Å²) in [5, 5.41) is 38.6. The molecule has 14 nitrogen and oxygen atoms in total. The van der Waals surface area contributed by atoms with Gasteiger partial charge in [-0.3, -0.25) is 14.4 Å². The van der Waals surface area contributed by atoms with E-state index in [1.54, 1.807) is 56.3 Å². The lowest BCUT2D eigenvalue weighted by atomic mass is 10.0. The van der Waals surface area contributed by atoms with Crippen LogP contribution in [0.3, 0.4) is 0 Å². The van der Waals surface area contributed by atoms with E-state index in [4.69, 9.17) is 4.74 Å². The fourth-order valence-corrected chi connectivity index (χ4v) is 4.02. The third kappa shape index (κ3) is 11.9. The molecule has 7 N–H and O–H groups in total. The molecular weight excluding hydrogens is 576 g/mol. The van der Waals surface area contributed by atoms with Crippen molar-refractivity contribution in [3.63, 3.8) is 0 Å². The Hall–Kier alpha value is -4.69. The second-order valence-electron chi connectivity index (χ2n) is 10.3. The highest BCUT2D eigenvalue weighted by atomic mass is 16.5. The van der Waals surface area contributed by atoms with Crippen molar-refractivity contribution in [2.75, 3.05) is 20.3 Å². The SMILES string of the molecule is COC(=O)[C@H](CO)NC(=O)[C@H](CC(C)C)NC(=O)[C@H](CO)NC(=O)[C@H](Cc1ccc(O)cc1)NC(=O)OCc1ccccc1. The summed E-state index contributed by atoms with van der Waals surface area (Å²) in [5.41, 5.74) is 1.28. The number of carbonyl (C=O) groups is 5. The number of nitrogens with one attached hydrogen (secondary N) is 4. The van der Waals surface area contributed by atoms with Gasteiger partial charge in [-0.2, -0.15) is 0 Å². The van der Waals surface area contributed by atoms with Crippen molar-refractivity contribution >= 4 is 29.8 Å². The molecule has 4 atom stereocenters. The van der Waals surface area contributed by atoms with Crippen LogP contribution in [-0.4, -0.2) is 89.6 Å². The zero-order valence-corrected chi connectivity index (χ0v) is 24.8. The van der Waals surface area contributed by atoms with Crippen LogP contribution in [0.25, 0.3) is 0 Å². The third-order valence-electron chi connectivity index (χ3n) is 6.34. The molecule has 4 amide bonds. The number of phenols is 1. The van der Waals surface area contributed by atoms with E-state index in [0.29, 0.717) is 5.56 Å². The van der Waals surface area contributed by atoms with Crippen molar-refractivity contribution in [3.8, 4) is 5.75 Å². The second-order valence-corrected chi connectivity index (χ2v) is 10.3. The van der Waals surface area contributed by atoms with Crippen molar-refractivity contribution in [1.29, 1.82) is 0 Å². The van der Waals surface area contributed by atoms with E-state index in [-0.39, 0.29) is 31.1 Å². The summed E-state index contributed by atoms with van der Waals surface area (Å²) in [6, 6.07) is 9.44. The van der Waals surface area contributed by atoms with E-state index in [1.165, 1.54) is 12.1 Å². The maximum Gasteiger partial charge on any atom is 0.408 e. The maximum atomic E-state index is 13.3. The van der Waals surface area contributed by atoms with E-state index in [2.05, 4.69) is 26.0 Å². The smallest absolute Gasteiger partial charge is 0.408 e. The van der Waals surface area contributed by atoms with Crippen molar-refractivity contribution in [1.82, 2.24) is 21.3 Å². The van der Waals surface area contributed by atoms with Gasteiger partial charge in [0.15, 0.2) is 6.04 Å². The van der Waals surface area contributed by atoms with Gasteiger partial charge >= 0.3 is 12.1 Å². The van der Waals surface area contributed by atoms with E-state index in [9.17, 15) is 39.3 Å². The van der Waals surface area contributed by atoms with Gasteiger partial charge in [0.25, 0.3) is 0 Å². The number of hydrogen-bond donors (Lipinski definition) is 7. The number of amides is 4. The van der Waals surface area contributed by atoms with E-state index in [1.807, 2.05) is 0 Å². The van der Waals surface area contributed by atoms with Crippen LogP contribution < -0.4 is 21.3 Å². The topological polar surface area (TPSA) is 213 Å². The molecule has 0 unspecified atom stereocenters. The zero-order valence-electron chi connectivity index (χ0n) is 24.8. The van der Waals surface area contributed by atoms with Gasteiger partial charge < -0.3 is 46.1 Å². The predicted molar refractivity (Wildman–Crippen MR) is 157 cm³/mol. The average molecular weight is 617 g/mol. The quantitative estimate of drug-likeness (QED) is 0.124. The number of aliphatic hydroxyl groups excluding tert-OH is 2. The fourth-order valence-electron chi connectivity index (χ4n) is 4.02. The molecule has 240 valence electrons. The molecular formula is C30H40N4O10. The van der Waals surface area contributed by atoms with Crippen LogP contribution in [0.2, 0.25) is 0 Å². The number of benzene rings is 2. The molecule has 0 aliphatic heterocycles. The molecule has 44 heavy (non-hydrogen) atoms. The first-order valence-electron chi connectivity index (χ1n) is 13.9. The van der Waals surface area contributed by atoms with Crippen LogP contribution in [0.4, 0.5) is 4.79 Å². The van der Waals surface area contributed by atoms with Gasteiger partial charge in [-0.25, -0.2) is 9.59 Å². The largest absolute Gasteiger partial charge is 0.508 e. The second kappa shape index (κ2) is 18.1. The Kier molecular flexibility index (Phi) is 14.6. The lowest BCUT2D eigenvalue weighted by molar-refractivity contribution is -0.146. The monoisotopic (exact) mass is 616 g/mol. The number of rotatable bonds is 16. The minimum absolute atomic E-state index is 0.00104. The molecule has 0 spiro atoms. The molecule has 0 fully saturated rings. The third-order valence-corrected chi connectivity index (χ3v) is 6.34. The minimum Gasteiger partial charge on any atom is -0.508 e. The summed E-state index contributed by atoms with van der Waals surface area (Å²) in [6.45, 7) is 1.93. The first kappa shape index (κ1) is 35.5. The van der Waals surface area contributed by atoms with Gasteiger partial charge in [-0.05, 0) is 35.6 Å². The lowest BCUT2D eigenvalue weighted by Gasteiger charge is -2.26. The van der Waals surface area contributed by atoms with Crippen LogP contribution in [0.1, 0.15) is 31.4 Å². The Labute approximate surface area is 255 Å². The van der Waals surface area contributed by atoms with Gasteiger partial charge in [0, 0.05) is 6.42 Å². The number of hydrogen-bond acceptors (Lipinski definition) is 10. The highest BCUT2D eigenvalue weighted by Crippen LogP contribution is 2.12. The van der Waals surface area contributed by atoms with Gasteiger partial charge in [0.1, 0.15) is 30.5 Å². The molecule has 0 saturated heterocycles. The minimum atomic E-state index is -1.52. The number of aliphatic hydroxyl groups is 2. The maximum absolute atomic E-state index is 13.3. The van der Waals surface area contributed by atoms with Crippen LogP contribution >= 0.6 is 0 Å². The van der Waals surface area contributed by atoms with E-state index in [0.717, 1.165) is 12.7 Å². The molecule has 2 aromatic carbocycles. The number of ether oxygens (including phenoxy) is 2. The van der Waals surface area contributed by atoms with Crippen LogP contribution in [0.15, 0.2) is 54.6 Å². The molecule has 0 aliphatic carbocycles. The predicted octanol–water partition coefficient (Wildman–Crippen LogP) is -0.112. The molecule has 0 aliphatic rings. The number of phenolic OH excluding ortho intramolecular Hbond substituents is 1. The fraction of sp³-hybridized carbons (Fsp3) is 0.433. The molecule has 0 bridgehead atoms. The molecule has 2 rings (SSSR count). The molecule has 0 radical (unpaired) electrons. The summed E-state index contributed by atoms with van der Waals surface area (Å²) in [5.74, 6) is -3.51. The Balaban J connectivity index is 2.15. The van der Waals surface area contributed by atoms with Gasteiger partial charge in [0.2, 0.25) is 17.7 Å². The first-order chi connectivity index (χ1) is 21.0. The highest BCUT2D eigenvalue weighted by Gasteiger charge is 2.32. The Morgan fingerprint density at radius 3 is 1.82 bits per heavy atom. The summed E-state index contributed by atoms with van der Waals surface area (Å²) in [4.78, 5) is 63.7. The Morgan fingerprint density at radius 1 is 0.705 bits per heavy atom. The number of methoxy groups -OCH3 is 1. The van der Waals surface area contributed by atoms with Gasteiger partial charge in [-0.15, -0.1) is 0 Å². The van der Waals surface area contributed by atoms with E-state index >= 15 is 0 Å². The Morgan fingerprint density at radius 2 is 1.25 bits per heavy atom. The molecule has 0 aromatic heterocycles. The summed E-state index contributed by atoms with van der Waals surface area (Å²) < 4.78 is 9.78. The number of alkyl carbamates (subject to hydrolysis) is 1. The first-order valence-corrected chi connectivity index (χ1v) is 13.9. The summed E-state index contributed by atoms with van der Waals surface area (Å²) in [6.07, 6.45) is -0.835. The summed E-state index contributed by atoms with van der Waals surface area (Å²) >= 11 is 0. The van der Waals surface area contributed by atoms with Crippen LogP contribution in [0, 0.1) is 5.92 Å². The van der Waals surface area contributed by atoms with Crippen molar-refractivity contribution in [2.45, 2.75) is 57.5 Å². The van der Waals surface area contributed by atoms with Crippen molar-refractivity contribution < 1.29 is 48.8 Å². The standard InChI is InChI=1S/C30H40N4O10/c1-18(2)13-22(26(38)33-25(16-36)29(41)43-3)31-28(40)24(15-35)32-27(39)23(14-19-9-11-21(37)12-10-19)34-30(42)44-17-20-7-5-4-6-8-20/h4-12,18,22-25,35-37H,13-17H2,1-3H3,(H,31,40)(H,32,39)(H,33,38)(H,34,42)/t22-,23-,24-,25-/m0/s1. The summed E-state index contributed by atoms with van der Waals surface area (Å²) in [7, 11) is 1.09. The zero-order chi connectivity index (χ0) is 32.6. The Bertz CT molecular complexity index is 1240. The highest BCUT2D eigenvalue weighted by molar-refractivity contribution is 5.95. The number of aromatic hydroxyl groups is 1. The molecule has 0 saturated carbocycles. The molecule has 14 heteroatoms. The molecule has 0 heterocycles. The normalized spacial score (nSPS) is 13.5. The number of esters is 1. The van der Waals surface area contributed by atoms with Crippen molar-refractivity contribution in [2.24, 2.45) is 5.92 Å². The van der Waals surface area contributed by atoms with Crippen LogP contribution in [0.5, 0.6) is 5.75 Å². The van der Waals surface area contributed by atoms with Gasteiger partial charge in [0.05, 0.1) is 20.3 Å². The average Bonchev–Trinajstić information content (AvgIpc) is 3.01. The lowest BCUT2D eigenvalue weighted by Crippen LogP contribution is -2.59. The van der Waals surface area contributed by atoms with E-state index < -0.39 is 67.2 Å². The van der Waals surface area contributed by atoms with Gasteiger partial charge in [-0.1, -0.05) is 56.3 Å².